The minimum absolute atomic E-state index is 0. The van der Waals surface area contributed by atoms with E-state index in [1.54, 1.807) is 7.11 Å². The smallest absolute Gasteiger partial charge is 0.237 e. The molecule has 6 rings (SSSR count). The SMILES string of the molecule is COc1ccc2[nH]c3c(-c4ccc5c(c4)OCO5)[n+](Cc4ccccc4)ccc3c2c1.[Br-]. The highest BCUT2D eigenvalue weighted by Gasteiger charge is 2.24. The molecule has 2 aromatic heterocycles. The fraction of sp³-hybridized carbons (Fsp3) is 0.115. The Labute approximate surface area is 195 Å². The molecule has 1 N–H and O–H groups in total. The maximum Gasteiger partial charge on any atom is 0.237 e. The zero-order valence-electron chi connectivity index (χ0n) is 17.5. The zero-order chi connectivity index (χ0) is 20.8. The molecule has 6 heteroatoms. The number of nitrogens with one attached hydrogen (secondary N) is 1. The second-order valence-electron chi connectivity index (χ2n) is 7.67. The number of benzene rings is 3. The Morgan fingerprint density at radius 1 is 0.906 bits per heavy atom. The van der Waals surface area contributed by atoms with Gasteiger partial charge < -0.3 is 36.2 Å². The summed E-state index contributed by atoms with van der Waals surface area (Å²) in [5.41, 5.74) is 5.58. The first kappa shape index (κ1) is 20.4. The lowest BCUT2D eigenvalue weighted by atomic mass is 10.1. The number of ether oxygens (including phenoxy) is 3. The Morgan fingerprint density at radius 2 is 1.75 bits per heavy atom. The van der Waals surface area contributed by atoms with Crippen molar-refractivity contribution in [2.45, 2.75) is 6.54 Å². The summed E-state index contributed by atoms with van der Waals surface area (Å²) in [6.07, 6.45) is 2.15. The van der Waals surface area contributed by atoms with Crippen LogP contribution in [-0.4, -0.2) is 18.9 Å². The monoisotopic (exact) mass is 488 g/mol. The predicted octanol–water partition coefficient (Wildman–Crippen LogP) is 2.07. The quantitative estimate of drug-likeness (QED) is 0.394. The lowest BCUT2D eigenvalue weighted by molar-refractivity contribution is -0.676. The van der Waals surface area contributed by atoms with E-state index in [1.807, 2.05) is 18.2 Å². The average Bonchev–Trinajstić information content (AvgIpc) is 3.43. The molecule has 3 aromatic carbocycles. The van der Waals surface area contributed by atoms with Gasteiger partial charge in [-0.3, -0.25) is 0 Å². The van der Waals surface area contributed by atoms with Crippen molar-refractivity contribution in [3.63, 3.8) is 0 Å². The number of hydrogen-bond acceptors (Lipinski definition) is 3. The van der Waals surface area contributed by atoms with Gasteiger partial charge in [-0.2, -0.15) is 4.57 Å². The number of H-pyrrole nitrogens is 1. The van der Waals surface area contributed by atoms with Crippen molar-refractivity contribution in [2.75, 3.05) is 13.9 Å². The number of pyridine rings is 1. The Bertz CT molecular complexity index is 1430. The van der Waals surface area contributed by atoms with Gasteiger partial charge in [0.15, 0.2) is 24.2 Å². The van der Waals surface area contributed by atoms with Gasteiger partial charge >= 0.3 is 0 Å². The summed E-state index contributed by atoms with van der Waals surface area (Å²) in [6.45, 7) is 1.03. The van der Waals surface area contributed by atoms with Gasteiger partial charge in [0.05, 0.1) is 12.7 Å². The van der Waals surface area contributed by atoms with Crippen LogP contribution in [0.25, 0.3) is 33.1 Å². The molecule has 0 spiro atoms. The largest absolute Gasteiger partial charge is 1.00 e. The minimum Gasteiger partial charge on any atom is -1.00 e. The molecule has 0 unspecified atom stereocenters. The van der Waals surface area contributed by atoms with Crippen LogP contribution in [0.4, 0.5) is 0 Å². The van der Waals surface area contributed by atoms with Crippen molar-refractivity contribution in [2.24, 2.45) is 0 Å². The number of halogens is 1. The van der Waals surface area contributed by atoms with Crippen LogP contribution in [0.2, 0.25) is 0 Å². The third-order valence-corrected chi connectivity index (χ3v) is 5.83. The summed E-state index contributed by atoms with van der Waals surface area (Å²) < 4.78 is 18.9. The summed E-state index contributed by atoms with van der Waals surface area (Å²) >= 11 is 0. The van der Waals surface area contributed by atoms with Gasteiger partial charge in [-0.1, -0.05) is 30.3 Å². The fourth-order valence-corrected chi connectivity index (χ4v) is 4.33. The minimum atomic E-state index is 0. The molecule has 0 bridgehead atoms. The molecule has 0 amide bonds. The number of aromatic amines is 1. The Balaban J connectivity index is 0.00000216. The Morgan fingerprint density at radius 3 is 2.59 bits per heavy atom. The van der Waals surface area contributed by atoms with E-state index in [1.165, 1.54) is 5.56 Å². The number of fused-ring (bicyclic) bond motifs is 4. The molecule has 1 aliphatic rings. The molecule has 0 aliphatic carbocycles. The highest BCUT2D eigenvalue weighted by Crippen LogP contribution is 2.38. The standard InChI is InChI=1S/C26H20N2O3.BrH/c1-29-19-8-9-22-21(14-19)20-11-12-28(15-17-5-3-2-4-6-17)26(25(20)27-22)18-7-10-23-24(13-18)31-16-30-23;/h2-14H,15-16H2,1H3;1H. The summed E-state index contributed by atoms with van der Waals surface area (Å²) in [6, 6.07) is 24.9. The summed E-state index contributed by atoms with van der Waals surface area (Å²) in [4.78, 5) is 3.64. The second-order valence-corrected chi connectivity index (χ2v) is 7.67. The van der Waals surface area contributed by atoms with Gasteiger partial charge in [0.2, 0.25) is 12.5 Å². The number of nitrogens with zero attached hydrogens (tertiary/aromatic N) is 1. The second kappa shape index (κ2) is 8.20. The van der Waals surface area contributed by atoms with Gasteiger partial charge in [-0.15, -0.1) is 0 Å². The molecule has 160 valence electrons. The summed E-state index contributed by atoms with van der Waals surface area (Å²) in [5, 5.41) is 2.30. The molecule has 5 nitrogen and oxygen atoms in total. The molecule has 0 fully saturated rings. The molecule has 0 saturated carbocycles. The first-order chi connectivity index (χ1) is 15.3. The lowest BCUT2D eigenvalue weighted by Gasteiger charge is -2.07. The van der Waals surface area contributed by atoms with Crippen LogP contribution in [0.3, 0.4) is 0 Å². The van der Waals surface area contributed by atoms with Crippen molar-refractivity contribution in [1.29, 1.82) is 0 Å². The molecular weight excluding hydrogens is 468 g/mol. The first-order valence-corrected chi connectivity index (χ1v) is 10.3. The molecule has 3 heterocycles. The molecule has 32 heavy (non-hydrogen) atoms. The van der Waals surface area contributed by atoms with E-state index in [2.05, 4.69) is 70.3 Å². The van der Waals surface area contributed by atoms with Crippen molar-refractivity contribution < 1.29 is 35.8 Å². The molecule has 5 aromatic rings. The average molecular weight is 489 g/mol. The van der Waals surface area contributed by atoms with Crippen molar-refractivity contribution in [3.8, 4) is 28.5 Å². The third kappa shape index (κ3) is 3.37. The van der Waals surface area contributed by atoms with Gasteiger partial charge in [0.1, 0.15) is 11.3 Å². The van der Waals surface area contributed by atoms with Gasteiger partial charge in [0.25, 0.3) is 0 Å². The first-order valence-electron chi connectivity index (χ1n) is 10.3. The molecule has 0 saturated heterocycles. The Kier molecular flexibility index (Phi) is 5.23. The van der Waals surface area contributed by atoms with Crippen molar-refractivity contribution in [1.82, 2.24) is 4.98 Å². The summed E-state index contributed by atoms with van der Waals surface area (Å²) in [7, 11) is 1.70. The van der Waals surface area contributed by atoms with E-state index in [0.717, 1.165) is 56.9 Å². The van der Waals surface area contributed by atoms with Crippen LogP contribution in [0.15, 0.2) is 79.0 Å². The van der Waals surface area contributed by atoms with Crippen molar-refractivity contribution >= 4 is 21.8 Å². The van der Waals surface area contributed by atoms with E-state index >= 15 is 0 Å². The Hall–Kier alpha value is -3.51. The van der Waals surface area contributed by atoms with Crippen LogP contribution < -0.4 is 35.8 Å². The lowest BCUT2D eigenvalue weighted by Crippen LogP contribution is -3.00. The topological polar surface area (TPSA) is 47.4 Å². The maximum atomic E-state index is 5.66. The highest BCUT2D eigenvalue weighted by atomic mass is 79.9. The van der Waals surface area contributed by atoms with Crippen LogP contribution in [0.1, 0.15) is 5.56 Å². The number of hydrogen-bond donors (Lipinski definition) is 1. The molecule has 1 aliphatic heterocycles. The van der Waals surface area contributed by atoms with Crippen LogP contribution in [-0.2, 0) is 6.54 Å². The van der Waals surface area contributed by atoms with E-state index in [4.69, 9.17) is 14.2 Å². The number of aromatic nitrogens is 2. The number of rotatable bonds is 4. The van der Waals surface area contributed by atoms with E-state index in [9.17, 15) is 0 Å². The molecule has 0 atom stereocenters. The van der Waals surface area contributed by atoms with Gasteiger partial charge in [-0.25, -0.2) is 0 Å². The predicted molar refractivity (Wildman–Crippen MR) is 120 cm³/mol. The zero-order valence-corrected chi connectivity index (χ0v) is 19.1. The fourth-order valence-electron chi connectivity index (χ4n) is 4.33. The van der Waals surface area contributed by atoms with Crippen molar-refractivity contribution in [3.05, 3.63) is 84.6 Å². The highest BCUT2D eigenvalue weighted by molar-refractivity contribution is 6.10. The molecule has 0 radical (unpaired) electrons. The van der Waals surface area contributed by atoms with Gasteiger partial charge in [-0.05, 0) is 36.4 Å². The van der Waals surface area contributed by atoms with E-state index < -0.39 is 0 Å². The van der Waals surface area contributed by atoms with Gasteiger partial charge in [0, 0.05) is 27.9 Å². The summed E-state index contributed by atoms with van der Waals surface area (Å²) in [5.74, 6) is 2.41. The van der Waals surface area contributed by atoms with Crippen LogP contribution >= 0.6 is 0 Å². The maximum absolute atomic E-state index is 5.66. The van der Waals surface area contributed by atoms with Crippen LogP contribution in [0.5, 0.6) is 17.2 Å². The third-order valence-electron chi connectivity index (χ3n) is 5.83. The van der Waals surface area contributed by atoms with E-state index in [0.29, 0.717) is 0 Å². The number of methoxy groups -OCH3 is 1. The molecular formula is C26H21BrN2O3. The van der Waals surface area contributed by atoms with Crippen LogP contribution in [0, 0.1) is 0 Å². The normalized spacial score (nSPS) is 12.2. The van der Waals surface area contributed by atoms with E-state index in [-0.39, 0.29) is 23.8 Å².